The van der Waals surface area contributed by atoms with Crippen molar-refractivity contribution in [3.05, 3.63) is 0 Å². The third-order valence-corrected chi connectivity index (χ3v) is 2.99. The molecule has 11 heavy (non-hydrogen) atoms. The Hall–Kier alpha value is -0.240. The molecular weight excluding hydrogens is 164 g/mol. The van der Waals surface area contributed by atoms with Gasteiger partial charge in [-0.2, -0.15) is 0 Å². The summed E-state index contributed by atoms with van der Waals surface area (Å²) in [7, 11) is 0. The van der Waals surface area contributed by atoms with Crippen LogP contribution >= 0.6 is 11.6 Å². The van der Waals surface area contributed by atoms with Crippen molar-refractivity contribution in [3.8, 4) is 0 Å². The molecule has 64 valence electrons. The molecule has 0 aliphatic heterocycles. The van der Waals surface area contributed by atoms with Crippen LogP contribution in [0, 0.1) is 5.92 Å². The number of alkyl halides is 1. The van der Waals surface area contributed by atoms with Crippen molar-refractivity contribution >= 4 is 17.6 Å². The van der Waals surface area contributed by atoms with Gasteiger partial charge in [-0.3, -0.25) is 4.79 Å². The molecule has 0 aromatic rings. The van der Waals surface area contributed by atoms with Gasteiger partial charge in [0, 0.05) is 0 Å². The zero-order valence-corrected chi connectivity index (χ0v) is 7.40. The van der Waals surface area contributed by atoms with Crippen molar-refractivity contribution in [2.24, 2.45) is 5.92 Å². The summed E-state index contributed by atoms with van der Waals surface area (Å²) in [5.74, 6) is -0.215. The Morgan fingerprint density at radius 3 is 2.36 bits per heavy atom. The minimum Gasteiger partial charge on any atom is -0.480 e. The van der Waals surface area contributed by atoms with E-state index in [1.807, 2.05) is 0 Å². The van der Waals surface area contributed by atoms with E-state index in [2.05, 4.69) is 6.92 Å². The van der Waals surface area contributed by atoms with E-state index in [0.29, 0.717) is 18.8 Å². The van der Waals surface area contributed by atoms with Gasteiger partial charge in [0.25, 0.3) is 0 Å². The highest BCUT2D eigenvalue weighted by molar-refractivity contribution is 6.33. The number of carboxylic acids is 1. The fraction of sp³-hybridized carbons (Fsp3) is 0.875. The second-order valence-corrected chi connectivity index (χ2v) is 4.18. The van der Waals surface area contributed by atoms with Crippen molar-refractivity contribution in [1.29, 1.82) is 0 Å². The molecule has 2 nitrogen and oxygen atoms in total. The van der Waals surface area contributed by atoms with Crippen LogP contribution in [0.4, 0.5) is 0 Å². The summed E-state index contributed by atoms with van der Waals surface area (Å²) in [6.07, 6.45) is 3.11. The minimum atomic E-state index is -0.952. The number of hydrogen-bond donors (Lipinski definition) is 1. The van der Waals surface area contributed by atoms with Gasteiger partial charge in [0.15, 0.2) is 0 Å². The van der Waals surface area contributed by atoms with Crippen LogP contribution in [0.15, 0.2) is 0 Å². The van der Waals surface area contributed by atoms with Gasteiger partial charge in [0.05, 0.1) is 0 Å². The van der Waals surface area contributed by atoms with Crippen LogP contribution in [-0.4, -0.2) is 16.0 Å². The molecule has 0 atom stereocenters. The van der Waals surface area contributed by atoms with Crippen LogP contribution in [0.3, 0.4) is 0 Å². The van der Waals surface area contributed by atoms with Crippen LogP contribution in [0.5, 0.6) is 0 Å². The number of aliphatic carboxylic acids is 1. The Morgan fingerprint density at radius 2 is 2.00 bits per heavy atom. The molecule has 1 aliphatic rings. The lowest BCUT2D eigenvalue weighted by Gasteiger charge is -2.29. The quantitative estimate of drug-likeness (QED) is 0.623. The highest BCUT2D eigenvalue weighted by atomic mass is 35.5. The summed E-state index contributed by atoms with van der Waals surface area (Å²) < 4.78 is 0. The van der Waals surface area contributed by atoms with E-state index >= 15 is 0 Å². The Balaban J connectivity index is 2.55. The summed E-state index contributed by atoms with van der Waals surface area (Å²) in [5, 5.41) is 8.75. The van der Waals surface area contributed by atoms with Gasteiger partial charge in [-0.05, 0) is 31.6 Å². The second kappa shape index (κ2) is 3.02. The normalized spacial score (nSPS) is 38.5. The first-order chi connectivity index (χ1) is 5.04. The van der Waals surface area contributed by atoms with Crippen LogP contribution in [0.1, 0.15) is 32.6 Å². The predicted molar refractivity (Wildman–Crippen MR) is 43.9 cm³/mol. The van der Waals surface area contributed by atoms with Crippen molar-refractivity contribution in [2.45, 2.75) is 37.5 Å². The summed E-state index contributed by atoms with van der Waals surface area (Å²) in [6.45, 7) is 2.14. The van der Waals surface area contributed by atoms with Gasteiger partial charge in [-0.25, -0.2) is 0 Å². The van der Waals surface area contributed by atoms with Gasteiger partial charge >= 0.3 is 5.97 Å². The van der Waals surface area contributed by atoms with Gasteiger partial charge in [-0.15, -0.1) is 11.6 Å². The Bertz CT molecular complexity index is 159. The summed E-state index contributed by atoms with van der Waals surface area (Å²) in [5.41, 5.74) is 0. The van der Waals surface area contributed by atoms with Gasteiger partial charge in [-0.1, -0.05) is 6.92 Å². The maximum absolute atomic E-state index is 10.7. The van der Waals surface area contributed by atoms with E-state index < -0.39 is 10.8 Å². The molecule has 1 fully saturated rings. The molecule has 1 N–H and O–H groups in total. The first-order valence-corrected chi connectivity index (χ1v) is 4.35. The maximum atomic E-state index is 10.7. The lowest BCUT2D eigenvalue weighted by Crippen LogP contribution is -2.36. The molecule has 1 rings (SSSR count). The number of rotatable bonds is 1. The predicted octanol–water partition coefficient (Wildman–Crippen LogP) is 2.26. The van der Waals surface area contributed by atoms with Crippen molar-refractivity contribution in [2.75, 3.05) is 0 Å². The van der Waals surface area contributed by atoms with Crippen molar-refractivity contribution in [1.82, 2.24) is 0 Å². The second-order valence-electron chi connectivity index (χ2n) is 3.45. The average Bonchev–Trinajstić information content (AvgIpc) is 1.95. The van der Waals surface area contributed by atoms with Gasteiger partial charge in [0.2, 0.25) is 0 Å². The Labute approximate surface area is 71.5 Å². The lowest BCUT2D eigenvalue weighted by atomic mass is 9.82. The monoisotopic (exact) mass is 176 g/mol. The fourth-order valence-electron chi connectivity index (χ4n) is 1.43. The van der Waals surface area contributed by atoms with E-state index in [1.165, 1.54) is 0 Å². The van der Waals surface area contributed by atoms with Gasteiger partial charge in [0.1, 0.15) is 4.87 Å². The number of carboxylic acid groups (broad SMARTS) is 1. The highest BCUT2D eigenvalue weighted by Gasteiger charge is 2.38. The van der Waals surface area contributed by atoms with E-state index in [9.17, 15) is 4.79 Å². The molecule has 0 spiro atoms. The summed E-state index contributed by atoms with van der Waals surface area (Å²) >= 11 is 5.88. The van der Waals surface area contributed by atoms with E-state index in [1.54, 1.807) is 0 Å². The molecule has 1 saturated carbocycles. The number of carbonyl (C=O) groups is 1. The number of hydrogen-bond acceptors (Lipinski definition) is 1. The largest absolute Gasteiger partial charge is 0.480 e. The highest BCUT2D eigenvalue weighted by Crippen LogP contribution is 2.36. The summed E-state index contributed by atoms with van der Waals surface area (Å²) in [4.78, 5) is 9.70. The van der Waals surface area contributed by atoms with Crippen molar-refractivity contribution < 1.29 is 9.90 Å². The Morgan fingerprint density at radius 1 is 1.55 bits per heavy atom. The molecule has 0 heterocycles. The molecule has 1 aliphatic carbocycles. The molecule has 0 bridgehead atoms. The topological polar surface area (TPSA) is 37.3 Å². The van der Waals surface area contributed by atoms with Crippen LogP contribution in [-0.2, 0) is 4.79 Å². The summed E-state index contributed by atoms with van der Waals surface area (Å²) in [6, 6.07) is 0. The smallest absolute Gasteiger partial charge is 0.324 e. The van der Waals surface area contributed by atoms with E-state index in [-0.39, 0.29) is 0 Å². The SMILES string of the molecule is CC1CCC(Cl)(C(=O)O)CC1. The zero-order chi connectivity index (χ0) is 8.48. The third-order valence-electron chi connectivity index (χ3n) is 2.45. The number of halogens is 1. The molecule has 0 aromatic heterocycles. The third kappa shape index (κ3) is 1.86. The van der Waals surface area contributed by atoms with E-state index in [4.69, 9.17) is 16.7 Å². The molecule has 3 heteroatoms. The Kier molecular flexibility index (Phi) is 2.43. The zero-order valence-electron chi connectivity index (χ0n) is 6.64. The van der Waals surface area contributed by atoms with Crippen molar-refractivity contribution in [3.63, 3.8) is 0 Å². The molecule has 0 aromatic carbocycles. The molecule has 0 amide bonds. The van der Waals surface area contributed by atoms with Crippen LogP contribution in [0.25, 0.3) is 0 Å². The standard InChI is InChI=1S/C8H13ClO2/c1-6-2-4-8(9,5-3-6)7(10)11/h6H,2-5H2,1H3,(H,10,11). The first kappa shape index (κ1) is 8.85. The lowest BCUT2D eigenvalue weighted by molar-refractivity contribution is -0.141. The molecule has 0 saturated heterocycles. The van der Waals surface area contributed by atoms with E-state index in [0.717, 1.165) is 12.8 Å². The fourth-order valence-corrected chi connectivity index (χ4v) is 1.65. The molecular formula is C8H13ClO2. The molecule has 0 radical (unpaired) electrons. The minimum absolute atomic E-state index is 0.616. The van der Waals surface area contributed by atoms with Gasteiger partial charge < -0.3 is 5.11 Å². The molecule has 0 unspecified atom stereocenters. The average molecular weight is 177 g/mol. The van der Waals surface area contributed by atoms with Crippen LogP contribution < -0.4 is 0 Å². The maximum Gasteiger partial charge on any atom is 0.324 e. The van der Waals surface area contributed by atoms with Crippen LogP contribution in [0.2, 0.25) is 0 Å². The first-order valence-electron chi connectivity index (χ1n) is 3.97.